The first-order chi connectivity index (χ1) is 19.2. The number of nitrogens with one attached hydrogen (secondary N) is 1. The number of nitrogens with zero attached hydrogens (tertiary/aromatic N) is 2. The Hall–Kier alpha value is -4.03. The number of carboxylic acids is 1. The Labute approximate surface area is 239 Å². The minimum atomic E-state index is -0.923. The van der Waals surface area contributed by atoms with E-state index in [9.17, 15) is 9.90 Å². The number of ether oxygens (including phenoxy) is 1. The monoisotopic (exact) mass is 555 g/mol. The number of halogens is 1. The third-order valence-corrected chi connectivity index (χ3v) is 8.23. The van der Waals surface area contributed by atoms with Crippen molar-refractivity contribution in [2.75, 3.05) is 6.61 Å². The van der Waals surface area contributed by atoms with Crippen LogP contribution in [0.15, 0.2) is 54.6 Å². The molecule has 2 heterocycles. The fraction of sp³-hybridized carbons (Fsp3) is 0.273. The van der Waals surface area contributed by atoms with Crippen LogP contribution in [0.25, 0.3) is 22.0 Å². The molecular formula is C33H34ClN3O3. The summed E-state index contributed by atoms with van der Waals surface area (Å²) in [4.78, 5) is 11.6. The normalized spacial score (nSPS) is 11.3. The molecule has 7 heteroatoms. The van der Waals surface area contributed by atoms with Gasteiger partial charge in [0.05, 0.1) is 23.4 Å². The quantitative estimate of drug-likeness (QED) is 0.181. The van der Waals surface area contributed by atoms with E-state index in [0.29, 0.717) is 18.7 Å². The molecule has 0 unspecified atom stereocenters. The molecule has 2 N–H and O–H groups in total. The maximum atomic E-state index is 11.6. The minimum absolute atomic E-state index is 0.290. The van der Waals surface area contributed by atoms with E-state index in [2.05, 4.69) is 39.9 Å². The average molecular weight is 556 g/mol. The number of benzene rings is 3. The van der Waals surface area contributed by atoms with Crippen molar-refractivity contribution in [3.05, 3.63) is 105 Å². The van der Waals surface area contributed by atoms with Crippen molar-refractivity contribution in [3.63, 3.8) is 0 Å². The van der Waals surface area contributed by atoms with Gasteiger partial charge < -0.3 is 14.4 Å². The number of aromatic carboxylic acids is 1. The van der Waals surface area contributed by atoms with E-state index in [1.54, 1.807) is 12.1 Å². The van der Waals surface area contributed by atoms with Crippen LogP contribution >= 0.6 is 11.6 Å². The number of H-pyrrole nitrogens is 1. The zero-order valence-electron chi connectivity index (χ0n) is 23.6. The van der Waals surface area contributed by atoms with Crippen LogP contribution in [0.3, 0.4) is 0 Å². The van der Waals surface area contributed by atoms with Gasteiger partial charge in [-0.05, 0) is 94.0 Å². The van der Waals surface area contributed by atoms with Crippen molar-refractivity contribution in [2.45, 2.75) is 54.0 Å². The maximum absolute atomic E-state index is 11.6. The van der Waals surface area contributed by atoms with E-state index in [1.165, 1.54) is 16.6 Å². The molecule has 0 spiro atoms. The number of carboxylic acid groups (broad SMARTS) is 1. The number of aromatic amines is 1. The van der Waals surface area contributed by atoms with Gasteiger partial charge in [0.25, 0.3) is 0 Å². The minimum Gasteiger partial charge on any atom is -0.494 e. The summed E-state index contributed by atoms with van der Waals surface area (Å²) in [5.41, 5.74) is 11.0. The molecule has 2 aromatic heterocycles. The lowest BCUT2D eigenvalue weighted by atomic mass is 9.98. The van der Waals surface area contributed by atoms with Crippen LogP contribution in [0, 0.1) is 34.6 Å². The Morgan fingerprint density at radius 1 is 1.02 bits per heavy atom. The molecule has 3 aromatic carbocycles. The van der Waals surface area contributed by atoms with Gasteiger partial charge in [0.2, 0.25) is 0 Å². The van der Waals surface area contributed by atoms with E-state index in [4.69, 9.17) is 16.3 Å². The molecule has 0 fully saturated rings. The van der Waals surface area contributed by atoms with Crippen LogP contribution in [0.2, 0.25) is 5.02 Å². The van der Waals surface area contributed by atoms with E-state index in [-0.39, 0.29) is 0 Å². The smallest absolute Gasteiger partial charge is 0.335 e. The summed E-state index contributed by atoms with van der Waals surface area (Å²) < 4.78 is 8.43. The number of carbonyl (C=O) groups is 1. The fourth-order valence-electron chi connectivity index (χ4n) is 5.68. The SMILES string of the molecule is Cc1cc(OCCCc2c(C)n(Cc3cccc(C(=O)O)c3)c3c(-c4c(C)n[nH]c4C)cccc23)cc(C)c1Cl. The van der Waals surface area contributed by atoms with Gasteiger partial charge in [-0.2, -0.15) is 5.10 Å². The van der Waals surface area contributed by atoms with E-state index in [0.717, 1.165) is 68.3 Å². The maximum Gasteiger partial charge on any atom is 0.335 e. The van der Waals surface area contributed by atoms with Crippen molar-refractivity contribution in [2.24, 2.45) is 0 Å². The lowest BCUT2D eigenvalue weighted by Gasteiger charge is -2.13. The summed E-state index contributed by atoms with van der Waals surface area (Å²) in [6, 6.07) is 17.6. The summed E-state index contributed by atoms with van der Waals surface area (Å²) in [7, 11) is 0. The number of aryl methyl sites for hydroxylation is 5. The largest absolute Gasteiger partial charge is 0.494 e. The van der Waals surface area contributed by atoms with Gasteiger partial charge in [0, 0.05) is 39.5 Å². The molecule has 0 radical (unpaired) electrons. The highest BCUT2D eigenvalue weighted by molar-refractivity contribution is 6.32. The van der Waals surface area contributed by atoms with Crippen LogP contribution in [-0.2, 0) is 13.0 Å². The second-order valence-corrected chi connectivity index (χ2v) is 10.9. The first-order valence-electron chi connectivity index (χ1n) is 13.5. The molecule has 0 atom stereocenters. The number of fused-ring (bicyclic) bond motifs is 1. The summed E-state index contributed by atoms with van der Waals surface area (Å²) in [5.74, 6) is -0.0851. The number of hydrogen-bond acceptors (Lipinski definition) is 3. The Morgan fingerprint density at radius 3 is 2.42 bits per heavy atom. The van der Waals surface area contributed by atoms with Gasteiger partial charge in [0.1, 0.15) is 5.75 Å². The molecule has 0 bridgehead atoms. The van der Waals surface area contributed by atoms with E-state index in [1.807, 2.05) is 52.0 Å². The van der Waals surface area contributed by atoms with Gasteiger partial charge in [-0.3, -0.25) is 5.10 Å². The number of hydrogen-bond donors (Lipinski definition) is 2. The molecule has 5 aromatic rings. The average Bonchev–Trinajstić information content (AvgIpc) is 3.40. The highest BCUT2D eigenvalue weighted by Gasteiger charge is 2.21. The van der Waals surface area contributed by atoms with Crippen LogP contribution in [0.1, 0.15) is 56.1 Å². The highest BCUT2D eigenvalue weighted by atomic mass is 35.5. The summed E-state index contributed by atoms with van der Waals surface area (Å²) in [6.07, 6.45) is 1.70. The van der Waals surface area contributed by atoms with Crippen LogP contribution in [0.5, 0.6) is 5.75 Å². The van der Waals surface area contributed by atoms with Crippen molar-refractivity contribution < 1.29 is 14.6 Å². The molecular weight excluding hydrogens is 522 g/mol. The molecule has 0 aliphatic rings. The zero-order chi connectivity index (χ0) is 28.6. The van der Waals surface area contributed by atoms with Crippen molar-refractivity contribution in [1.29, 1.82) is 0 Å². The Balaban J connectivity index is 1.52. The molecule has 0 aliphatic carbocycles. The van der Waals surface area contributed by atoms with E-state index >= 15 is 0 Å². The van der Waals surface area contributed by atoms with Crippen LogP contribution < -0.4 is 4.74 Å². The fourth-order valence-corrected chi connectivity index (χ4v) is 5.79. The van der Waals surface area contributed by atoms with Gasteiger partial charge >= 0.3 is 5.97 Å². The van der Waals surface area contributed by atoms with Gasteiger partial charge in [0.15, 0.2) is 0 Å². The Kier molecular flexibility index (Phi) is 7.72. The molecule has 0 saturated carbocycles. The van der Waals surface area contributed by atoms with Crippen LogP contribution in [-0.4, -0.2) is 32.4 Å². The van der Waals surface area contributed by atoms with Gasteiger partial charge in [-0.15, -0.1) is 0 Å². The van der Waals surface area contributed by atoms with E-state index < -0.39 is 5.97 Å². The first kappa shape index (κ1) is 27.5. The topological polar surface area (TPSA) is 80.1 Å². The summed E-state index contributed by atoms with van der Waals surface area (Å²) in [6.45, 7) is 11.4. The standard InChI is InChI=1S/C33H34ClN3O3/c1-19-15-26(16-20(2)31(19)34)40-14-8-13-27-23(5)37(18-24-9-6-10-25(17-24)33(38)39)32-28(27)11-7-12-29(32)30-21(3)35-36-22(30)4/h6-7,9-12,15-17H,8,13-14,18H2,1-5H3,(H,35,36)(H,38,39). The predicted molar refractivity (Wildman–Crippen MR) is 161 cm³/mol. The zero-order valence-corrected chi connectivity index (χ0v) is 24.3. The number of para-hydroxylation sites is 1. The van der Waals surface area contributed by atoms with Crippen molar-refractivity contribution >= 4 is 28.5 Å². The Bertz CT molecular complexity index is 1690. The van der Waals surface area contributed by atoms with Crippen molar-refractivity contribution in [1.82, 2.24) is 14.8 Å². The lowest BCUT2D eigenvalue weighted by Crippen LogP contribution is -2.06. The second kappa shape index (κ2) is 11.2. The molecule has 40 heavy (non-hydrogen) atoms. The third-order valence-electron chi connectivity index (χ3n) is 7.63. The molecule has 0 saturated heterocycles. The number of aromatic nitrogens is 3. The lowest BCUT2D eigenvalue weighted by molar-refractivity contribution is 0.0696. The van der Waals surface area contributed by atoms with Gasteiger partial charge in [-0.25, -0.2) is 4.79 Å². The molecule has 5 rings (SSSR count). The third kappa shape index (κ3) is 5.24. The summed E-state index contributed by atoms with van der Waals surface area (Å²) >= 11 is 6.32. The van der Waals surface area contributed by atoms with Gasteiger partial charge in [-0.1, -0.05) is 41.9 Å². The Morgan fingerprint density at radius 2 is 1.75 bits per heavy atom. The summed E-state index contributed by atoms with van der Waals surface area (Å²) in [5, 5.41) is 19.1. The van der Waals surface area contributed by atoms with Crippen LogP contribution in [0.4, 0.5) is 0 Å². The molecule has 206 valence electrons. The predicted octanol–water partition coefficient (Wildman–Crippen LogP) is 7.99. The first-order valence-corrected chi connectivity index (χ1v) is 13.9. The highest BCUT2D eigenvalue weighted by Crippen LogP contribution is 2.37. The second-order valence-electron chi connectivity index (χ2n) is 10.5. The number of rotatable bonds is 9. The van der Waals surface area contributed by atoms with Crippen molar-refractivity contribution in [3.8, 4) is 16.9 Å². The molecule has 0 amide bonds. The molecule has 0 aliphatic heterocycles. The molecule has 6 nitrogen and oxygen atoms in total.